The molecule has 1 aromatic heterocycles. The monoisotopic (exact) mass is 317 g/mol. The minimum atomic E-state index is -1.23. The Morgan fingerprint density at radius 3 is 2.26 bits per heavy atom. The second-order valence-corrected chi connectivity index (χ2v) is 4.83. The highest BCUT2D eigenvalue weighted by Crippen LogP contribution is 2.37. The van der Waals surface area contributed by atoms with E-state index in [4.69, 9.17) is 39.9 Å². The summed E-state index contributed by atoms with van der Waals surface area (Å²) < 4.78 is 0. The maximum Gasteiger partial charge on any atom is 0.352 e. The van der Waals surface area contributed by atoms with Crippen LogP contribution in [0.2, 0.25) is 15.1 Å². The molecule has 1 heterocycles. The number of aromatic amines is 1. The fraction of sp³-hybridized carbons (Fsp3) is 0. The summed E-state index contributed by atoms with van der Waals surface area (Å²) in [6.45, 7) is 0. The second-order valence-electron chi connectivity index (χ2n) is 3.64. The first kappa shape index (κ1) is 13.9. The van der Waals surface area contributed by atoms with Gasteiger partial charge in [0, 0.05) is 5.56 Å². The van der Waals surface area contributed by atoms with Crippen LogP contribution in [-0.2, 0) is 0 Å². The van der Waals surface area contributed by atoms with Gasteiger partial charge in [0.05, 0.1) is 20.6 Å². The lowest BCUT2D eigenvalue weighted by atomic mass is 10.1. The number of carboxylic acid groups (broad SMARTS) is 1. The molecule has 0 aliphatic carbocycles. The van der Waals surface area contributed by atoms with Gasteiger partial charge >= 0.3 is 5.97 Å². The lowest BCUT2D eigenvalue weighted by Gasteiger charge is -2.08. The van der Waals surface area contributed by atoms with Gasteiger partial charge in [0.15, 0.2) is 0 Å². The third-order valence-electron chi connectivity index (χ3n) is 2.45. The van der Waals surface area contributed by atoms with E-state index in [1.807, 2.05) is 0 Å². The molecule has 0 spiro atoms. The molecule has 0 saturated carbocycles. The number of hydrogen-bond donors (Lipinski definition) is 2. The van der Waals surface area contributed by atoms with E-state index in [9.17, 15) is 9.59 Å². The number of nitrogens with one attached hydrogen (secondary N) is 1. The minimum absolute atomic E-state index is 0.141. The van der Waals surface area contributed by atoms with Gasteiger partial charge in [0.25, 0.3) is 5.56 Å². The number of carbonyl (C=O) groups is 1. The number of pyridine rings is 1. The van der Waals surface area contributed by atoms with Crippen LogP contribution in [0.15, 0.2) is 29.1 Å². The standard InChI is InChI=1S/C12H6Cl3NO3/c13-6-2-3-7(14)10(15)9(6)5-1-4-8(12(18)19)16-11(5)17/h1-4H,(H,16,17)(H,18,19). The number of carboxylic acids is 1. The number of hydrogen-bond acceptors (Lipinski definition) is 2. The van der Waals surface area contributed by atoms with Crippen molar-refractivity contribution >= 4 is 40.8 Å². The van der Waals surface area contributed by atoms with Crippen molar-refractivity contribution in [1.82, 2.24) is 4.98 Å². The molecular formula is C12H6Cl3NO3. The molecule has 0 aliphatic rings. The van der Waals surface area contributed by atoms with Gasteiger partial charge in [-0.15, -0.1) is 0 Å². The van der Waals surface area contributed by atoms with E-state index in [-0.39, 0.29) is 31.9 Å². The zero-order valence-electron chi connectivity index (χ0n) is 9.21. The molecule has 2 aromatic rings. The summed E-state index contributed by atoms with van der Waals surface area (Å²) in [7, 11) is 0. The van der Waals surface area contributed by atoms with Crippen molar-refractivity contribution in [3.05, 3.63) is 55.4 Å². The topological polar surface area (TPSA) is 70.2 Å². The molecule has 0 radical (unpaired) electrons. The van der Waals surface area contributed by atoms with Crippen LogP contribution in [0.3, 0.4) is 0 Å². The summed E-state index contributed by atoms with van der Waals surface area (Å²) in [5, 5.41) is 9.43. The van der Waals surface area contributed by atoms with Crippen molar-refractivity contribution < 1.29 is 9.90 Å². The Labute approximate surface area is 122 Å². The first-order valence-electron chi connectivity index (χ1n) is 5.02. The van der Waals surface area contributed by atoms with E-state index < -0.39 is 11.5 Å². The number of aromatic carboxylic acids is 1. The van der Waals surface area contributed by atoms with Crippen LogP contribution in [0.1, 0.15) is 10.5 Å². The first-order chi connectivity index (χ1) is 8.91. The normalized spacial score (nSPS) is 10.5. The summed E-state index contributed by atoms with van der Waals surface area (Å²) in [5.41, 5.74) is -0.398. The van der Waals surface area contributed by atoms with E-state index in [1.54, 1.807) is 0 Å². The third-order valence-corrected chi connectivity index (χ3v) is 3.57. The molecule has 0 unspecified atom stereocenters. The predicted molar refractivity (Wildman–Crippen MR) is 74.5 cm³/mol. The Bertz CT molecular complexity index is 725. The molecule has 2 rings (SSSR count). The molecule has 7 heteroatoms. The Morgan fingerprint density at radius 2 is 1.68 bits per heavy atom. The van der Waals surface area contributed by atoms with Crippen LogP contribution in [0.4, 0.5) is 0 Å². The molecule has 0 saturated heterocycles. The summed E-state index contributed by atoms with van der Waals surface area (Å²) >= 11 is 17.9. The van der Waals surface area contributed by atoms with Crippen molar-refractivity contribution in [3.63, 3.8) is 0 Å². The van der Waals surface area contributed by atoms with Gasteiger partial charge in [0.2, 0.25) is 0 Å². The zero-order chi connectivity index (χ0) is 14.2. The largest absolute Gasteiger partial charge is 0.477 e. The average molecular weight is 319 g/mol. The van der Waals surface area contributed by atoms with E-state index in [0.29, 0.717) is 0 Å². The molecule has 1 aromatic carbocycles. The Kier molecular flexibility index (Phi) is 3.85. The van der Waals surface area contributed by atoms with E-state index in [1.165, 1.54) is 24.3 Å². The van der Waals surface area contributed by atoms with E-state index >= 15 is 0 Å². The molecule has 0 atom stereocenters. The highest BCUT2D eigenvalue weighted by Gasteiger charge is 2.16. The smallest absolute Gasteiger partial charge is 0.352 e. The lowest BCUT2D eigenvalue weighted by Crippen LogP contribution is -2.14. The van der Waals surface area contributed by atoms with Gasteiger partial charge in [-0.05, 0) is 24.3 Å². The minimum Gasteiger partial charge on any atom is -0.477 e. The Hall–Kier alpha value is -1.49. The number of H-pyrrole nitrogens is 1. The van der Waals surface area contributed by atoms with Gasteiger partial charge in [-0.2, -0.15) is 0 Å². The second kappa shape index (κ2) is 5.25. The summed E-state index contributed by atoms with van der Waals surface area (Å²) in [6.07, 6.45) is 0. The molecule has 0 bridgehead atoms. The lowest BCUT2D eigenvalue weighted by molar-refractivity contribution is 0.0690. The average Bonchev–Trinajstić information content (AvgIpc) is 2.36. The van der Waals surface area contributed by atoms with Gasteiger partial charge < -0.3 is 10.1 Å². The van der Waals surface area contributed by atoms with Crippen molar-refractivity contribution in [2.45, 2.75) is 0 Å². The molecule has 2 N–H and O–H groups in total. The van der Waals surface area contributed by atoms with Crippen LogP contribution in [0.5, 0.6) is 0 Å². The van der Waals surface area contributed by atoms with E-state index in [0.717, 1.165) is 0 Å². The SMILES string of the molecule is O=C(O)c1ccc(-c2c(Cl)ccc(Cl)c2Cl)c(=O)[nH]1. The summed E-state index contributed by atoms with van der Waals surface area (Å²) in [6, 6.07) is 5.61. The highest BCUT2D eigenvalue weighted by molar-refractivity contribution is 6.46. The molecule has 98 valence electrons. The van der Waals surface area contributed by atoms with Crippen LogP contribution >= 0.6 is 34.8 Å². The first-order valence-corrected chi connectivity index (χ1v) is 6.15. The predicted octanol–water partition coefficient (Wildman–Crippen LogP) is 3.70. The van der Waals surface area contributed by atoms with Crippen molar-refractivity contribution in [1.29, 1.82) is 0 Å². The van der Waals surface area contributed by atoms with Gasteiger partial charge in [-0.25, -0.2) is 4.79 Å². The van der Waals surface area contributed by atoms with Crippen molar-refractivity contribution in [2.24, 2.45) is 0 Å². The fourth-order valence-corrected chi connectivity index (χ4v) is 2.30. The summed E-state index contributed by atoms with van der Waals surface area (Å²) in [5.74, 6) is -1.23. The number of benzene rings is 1. The van der Waals surface area contributed by atoms with Crippen LogP contribution in [0, 0.1) is 0 Å². The van der Waals surface area contributed by atoms with Gasteiger partial charge in [-0.1, -0.05) is 34.8 Å². The van der Waals surface area contributed by atoms with E-state index in [2.05, 4.69) is 4.98 Å². The van der Waals surface area contributed by atoms with Crippen LogP contribution in [0.25, 0.3) is 11.1 Å². The molecule has 0 amide bonds. The Balaban J connectivity index is 2.70. The summed E-state index contributed by atoms with van der Waals surface area (Å²) in [4.78, 5) is 24.9. The molecule has 19 heavy (non-hydrogen) atoms. The fourth-order valence-electron chi connectivity index (χ4n) is 1.57. The highest BCUT2D eigenvalue weighted by atomic mass is 35.5. The molecular weight excluding hydrogens is 312 g/mol. The number of halogens is 3. The molecule has 0 fully saturated rings. The molecule has 4 nitrogen and oxygen atoms in total. The molecule has 0 aliphatic heterocycles. The van der Waals surface area contributed by atoms with Gasteiger partial charge in [-0.3, -0.25) is 4.79 Å². The Morgan fingerprint density at radius 1 is 1.05 bits per heavy atom. The number of aromatic nitrogens is 1. The maximum atomic E-state index is 11.9. The number of rotatable bonds is 2. The maximum absolute atomic E-state index is 11.9. The quantitative estimate of drug-likeness (QED) is 0.829. The van der Waals surface area contributed by atoms with Crippen molar-refractivity contribution in [2.75, 3.05) is 0 Å². The third kappa shape index (κ3) is 2.61. The van der Waals surface area contributed by atoms with Crippen LogP contribution in [-0.4, -0.2) is 16.1 Å². The van der Waals surface area contributed by atoms with Crippen LogP contribution < -0.4 is 5.56 Å². The zero-order valence-corrected chi connectivity index (χ0v) is 11.5. The van der Waals surface area contributed by atoms with Gasteiger partial charge in [0.1, 0.15) is 5.69 Å². The van der Waals surface area contributed by atoms with Crippen molar-refractivity contribution in [3.8, 4) is 11.1 Å².